The number of benzene rings is 2. The Morgan fingerprint density at radius 2 is 1.94 bits per heavy atom. The fraction of sp³-hybridized carbons (Fsp3) is 0.214. The van der Waals surface area contributed by atoms with Crippen molar-refractivity contribution in [3.05, 3.63) is 36.4 Å². The van der Waals surface area contributed by atoms with E-state index >= 15 is 0 Å². The Labute approximate surface area is 105 Å². The van der Waals surface area contributed by atoms with Crippen molar-refractivity contribution in [3.8, 4) is 11.5 Å². The van der Waals surface area contributed by atoms with Crippen molar-refractivity contribution < 1.29 is 14.6 Å². The Bertz CT molecular complexity index is 580. The van der Waals surface area contributed by atoms with Crippen molar-refractivity contribution in [2.45, 2.75) is 13.0 Å². The predicted octanol–water partition coefficient (Wildman–Crippen LogP) is 2.06. The maximum absolute atomic E-state index is 11.4. The first-order valence-corrected chi connectivity index (χ1v) is 5.71. The quantitative estimate of drug-likeness (QED) is 0.870. The van der Waals surface area contributed by atoms with E-state index in [0.29, 0.717) is 5.75 Å². The SMILES string of the molecule is CNC(=O)C(C)Oc1ccc2ccc(O)cc2c1. The smallest absolute Gasteiger partial charge is 0.260 e. The molecule has 4 heteroatoms. The number of phenols is 1. The van der Waals surface area contributed by atoms with Crippen molar-refractivity contribution in [2.75, 3.05) is 7.05 Å². The van der Waals surface area contributed by atoms with E-state index in [2.05, 4.69) is 5.32 Å². The Balaban J connectivity index is 2.27. The molecule has 2 aromatic rings. The van der Waals surface area contributed by atoms with Gasteiger partial charge in [-0.15, -0.1) is 0 Å². The molecule has 94 valence electrons. The van der Waals surface area contributed by atoms with Crippen molar-refractivity contribution in [1.82, 2.24) is 5.32 Å². The van der Waals surface area contributed by atoms with Crippen LogP contribution < -0.4 is 10.1 Å². The van der Waals surface area contributed by atoms with Crippen LogP contribution in [0, 0.1) is 0 Å². The lowest BCUT2D eigenvalue weighted by molar-refractivity contribution is -0.126. The summed E-state index contributed by atoms with van der Waals surface area (Å²) in [4.78, 5) is 11.4. The van der Waals surface area contributed by atoms with Crippen molar-refractivity contribution in [3.63, 3.8) is 0 Å². The molecule has 1 amide bonds. The first-order chi connectivity index (χ1) is 8.60. The Morgan fingerprint density at radius 1 is 1.22 bits per heavy atom. The summed E-state index contributed by atoms with van der Waals surface area (Å²) in [5.74, 6) is 0.634. The molecule has 0 fully saturated rings. The van der Waals surface area contributed by atoms with Gasteiger partial charge in [0.2, 0.25) is 0 Å². The molecule has 2 N–H and O–H groups in total. The molecule has 0 bridgehead atoms. The first kappa shape index (κ1) is 12.2. The second-order valence-corrected chi connectivity index (χ2v) is 4.07. The summed E-state index contributed by atoms with van der Waals surface area (Å²) in [6.07, 6.45) is -0.551. The number of likely N-dealkylation sites (N-methyl/N-ethyl adjacent to an activating group) is 1. The molecule has 0 heterocycles. The van der Waals surface area contributed by atoms with Gasteiger partial charge in [0.25, 0.3) is 5.91 Å². The van der Waals surface area contributed by atoms with E-state index in [0.717, 1.165) is 10.8 Å². The second kappa shape index (κ2) is 4.96. The standard InChI is InChI=1S/C14H15NO3/c1-9(14(17)15-2)18-13-6-4-10-3-5-12(16)7-11(10)8-13/h3-9,16H,1-2H3,(H,15,17). The minimum Gasteiger partial charge on any atom is -0.508 e. The average molecular weight is 245 g/mol. The van der Waals surface area contributed by atoms with E-state index in [1.807, 2.05) is 12.1 Å². The van der Waals surface area contributed by atoms with E-state index in [1.165, 1.54) is 0 Å². The summed E-state index contributed by atoms with van der Waals surface area (Å²) in [6.45, 7) is 1.69. The zero-order valence-corrected chi connectivity index (χ0v) is 10.3. The van der Waals surface area contributed by atoms with Crippen LogP contribution >= 0.6 is 0 Å². The number of aromatic hydroxyl groups is 1. The van der Waals surface area contributed by atoms with Gasteiger partial charge < -0.3 is 15.2 Å². The molecule has 2 rings (SSSR count). The highest BCUT2D eigenvalue weighted by atomic mass is 16.5. The molecule has 0 aromatic heterocycles. The molecule has 0 saturated carbocycles. The van der Waals surface area contributed by atoms with Crippen molar-refractivity contribution >= 4 is 16.7 Å². The molecule has 0 aliphatic heterocycles. The number of nitrogens with one attached hydrogen (secondary N) is 1. The third-order valence-electron chi connectivity index (χ3n) is 2.72. The highest BCUT2D eigenvalue weighted by molar-refractivity contribution is 5.85. The Hall–Kier alpha value is -2.23. The van der Waals surface area contributed by atoms with Gasteiger partial charge in [-0.05, 0) is 42.0 Å². The molecule has 0 aliphatic carbocycles. The Morgan fingerprint density at radius 3 is 2.67 bits per heavy atom. The van der Waals surface area contributed by atoms with Crippen LogP contribution in [0.3, 0.4) is 0 Å². The minimum atomic E-state index is -0.551. The monoisotopic (exact) mass is 245 g/mol. The minimum absolute atomic E-state index is 0.175. The fourth-order valence-electron chi connectivity index (χ4n) is 1.75. The van der Waals surface area contributed by atoms with Gasteiger partial charge in [0.05, 0.1) is 0 Å². The number of ether oxygens (including phenoxy) is 1. The number of fused-ring (bicyclic) bond motifs is 1. The highest BCUT2D eigenvalue weighted by Gasteiger charge is 2.12. The lowest BCUT2D eigenvalue weighted by atomic mass is 10.1. The molecule has 1 atom stereocenters. The third kappa shape index (κ3) is 2.53. The number of hydrogen-bond donors (Lipinski definition) is 2. The van der Waals surface area contributed by atoms with Crippen LogP contribution in [-0.2, 0) is 4.79 Å². The van der Waals surface area contributed by atoms with Gasteiger partial charge in [-0.3, -0.25) is 4.79 Å². The number of carbonyl (C=O) groups is 1. The summed E-state index contributed by atoms with van der Waals surface area (Å²) in [5.41, 5.74) is 0. The largest absolute Gasteiger partial charge is 0.508 e. The van der Waals surface area contributed by atoms with Crippen molar-refractivity contribution in [2.24, 2.45) is 0 Å². The fourth-order valence-corrected chi connectivity index (χ4v) is 1.75. The van der Waals surface area contributed by atoms with E-state index in [9.17, 15) is 9.90 Å². The van der Waals surface area contributed by atoms with Gasteiger partial charge in [0.1, 0.15) is 11.5 Å². The summed E-state index contributed by atoms with van der Waals surface area (Å²) in [6, 6.07) is 10.6. The molecule has 18 heavy (non-hydrogen) atoms. The highest BCUT2D eigenvalue weighted by Crippen LogP contribution is 2.24. The number of amides is 1. The Kier molecular flexibility index (Phi) is 3.37. The molecule has 0 radical (unpaired) electrons. The summed E-state index contributed by atoms with van der Waals surface area (Å²) >= 11 is 0. The van der Waals surface area contributed by atoms with E-state index in [-0.39, 0.29) is 11.7 Å². The van der Waals surface area contributed by atoms with Gasteiger partial charge in [-0.1, -0.05) is 12.1 Å². The van der Waals surface area contributed by atoms with Gasteiger partial charge in [-0.25, -0.2) is 0 Å². The molecule has 2 aromatic carbocycles. The maximum atomic E-state index is 11.4. The second-order valence-electron chi connectivity index (χ2n) is 4.07. The van der Waals surface area contributed by atoms with Gasteiger partial charge in [0.15, 0.2) is 6.10 Å². The molecule has 0 spiro atoms. The lowest BCUT2D eigenvalue weighted by Crippen LogP contribution is -2.33. The normalized spacial score (nSPS) is 12.1. The number of phenolic OH excluding ortho intramolecular Hbond substituents is 1. The molecular formula is C14H15NO3. The lowest BCUT2D eigenvalue weighted by Gasteiger charge is -2.13. The van der Waals surface area contributed by atoms with Gasteiger partial charge in [0, 0.05) is 7.05 Å². The van der Waals surface area contributed by atoms with Crippen molar-refractivity contribution in [1.29, 1.82) is 0 Å². The average Bonchev–Trinajstić information content (AvgIpc) is 2.37. The molecule has 0 saturated heterocycles. The van der Waals surface area contributed by atoms with E-state index in [4.69, 9.17) is 4.74 Å². The third-order valence-corrected chi connectivity index (χ3v) is 2.72. The van der Waals surface area contributed by atoms with Gasteiger partial charge in [-0.2, -0.15) is 0 Å². The van der Waals surface area contributed by atoms with E-state index in [1.54, 1.807) is 38.2 Å². The van der Waals surface area contributed by atoms with Crippen LogP contribution in [0.5, 0.6) is 11.5 Å². The molecule has 0 aliphatic rings. The van der Waals surface area contributed by atoms with Crippen LogP contribution in [0.15, 0.2) is 36.4 Å². The number of carbonyl (C=O) groups excluding carboxylic acids is 1. The molecular weight excluding hydrogens is 230 g/mol. The zero-order valence-electron chi connectivity index (χ0n) is 10.3. The van der Waals surface area contributed by atoms with Crippen LogP contribution in [0.25, 0.3) is 10.8 Å². The summed E-state index contributed by atoms with van der Waals surface area (Å²) < 4.78 is 5.52. The zero-order chi connectivity index (χ0) is 13.1. The van der Waals surface area contributed by atoms with E-state index < -0.39 is 6.10 Å². The van der Waals surface area contributed by atoms with Crippen LogP contribution in [0.1, 0.15) is 6.92 Å². The van der Waals surface area contributed by atoms with Gasteiger partial charge >= 0.3 is 0 Å². The van der Waals surface area contributed by atoms with Crippen LogP contribution in [0.4, 0.5) is 0 Å². The van der Waals surface area contributed by atoms with Crippen LogP contribution in [-0.4, -0.2) is 24.2 Å². The molecule has 1 unspecified atom stereocenters. The summed E-state index contributed by atoms with van der Waals surface area (Å²) in [5, 5.41) is 13.8. The molecule has 4 nitrogen and oxygen atoms in total. The number of rotatable bonds is 3. The summed E-state index contributed by atoms with van der Waals surface area (Å²) in [7, 11) is 1.57. The van der Waals surface area contributed by atoms with Crippen LogP contribution in [0.2, 0.25) is 0 Å². The maximum Gasteiger partial charge on any atom is 0.260 e. The topological polar surface area (TPSA) is 58.6 Å². The predicted molar refractivity (Wildman–Crippen MR) is 69.8 cm³/mol. The first-order valence-electron chi connectivity index (χ1n) is 5.71. The number of hydrogen-bond acceptors (Lipinski definition) is 3.